The predicted octanol–water partition coefficient (Wildman–Crippen LogP) is 7.53. The molecule has 3 atom stereocenters. The van der Waals surface area contributed by atoms with E-state index in [0.717, 1.165) is 64.2 Å². The second kappa shape index (κ2) is 14.2. The van der Waals surface area contributed by atoms with Crippen molar-refractivity contribution in [3.05, 3.63) is 0 Å². The first-order valence-corrected chi connectivity index (χ1v) is 11.8. The van der Waals surface area contributed by atoms with Crippen molar-refractivity contribution in [1.82, 2.24) is 0 Å². The van der Waals surface area contributed by atoms with Crippen LogP contribution in [0.15, 0.2) is 0 Å². The molecule has 1 heterocycles. The summed E-state index contributed by atoms with van der Waals surface area (Å²) in [5, 5.41) is 0. The number of carbonyl (C=O) groups is 1. The van der Waals surface area contributed by atoms with Crippen LogP contribution in [0.1, 0.15) is 118 Å². The molecule has 0 bridgehead atoms. The highest BCUT2D eigenvalue weighted by Gasteiger charge is 2.60. The van der Waals surface area contributed by atoms with Gasteiger partial charge in [0.05, 0.1) is 5.92 Å². The second-order valence-electron chi connectivity index (χ2n) is 8.19. The maximum absolute atomic E-state index is 12.6. The topological polar surface area (TPSA) is 60.6 Å². The molecule has 0 aliphatic carbocycles. The van der Waals surface area contributed by atoms with E-state index in [4.69, 9.17) is 19.2 Å². The highest BCUT2D eigenvalue weighted by Crippen LogP contribution is 2.43. The molecule has 1 fully saturated rings. The first-order chi connectivity index (χ1) is 13.6. The van der Waals surface area contributed by atoms with Crippen molar-refractivity contribution in [2.24, 2.45) is 11.8 Å². The van der Waals surface area contributed by atoms with Gasteiger partial charge in [0, 0.05) is 0 Å². The number of unbranched alkanes of at least 4 members (excludes halogenated alkanes) is 5. The minimum Gasteiger partial charge on any atom is -0.431 e. The molecule has 0 spiro atoms. The minimum absolute atomic E-state index is 0.0464. The Morgan fingerprint density at radius 3 is 1.96 bits per heavy atom. The largest absolute Gasteiger partial charge is 0.513 e. The third-order valence-corrected chi connectivity index (χ3v) is 5.94. The maximum Gasteiger partial charge on any atom is 0.513 e. The van der Waals surface area contributed by atoms with Gasteiger partial charge >= 0.3 is 12.1 Å². The lowest BCUT2D eigenvalue weighted by Crippen LogP contribution is -2.34. The zero-order valence-corrected chi connectivity index (χ0v) is 19.0. The molecule has 1 aliphatic heterocycles. The molecule has 0 radical (unpaired) electrons. The number of rotatable bonds is 17. The Balaban J connectivity index is 2.65. The number of hydrogen-bond donors (Lipinski definition) is 0. The molecule has 5 heteroatoms. The zero-order chi connectivity index (χ0) is 20.8. The third kappa shape index (κ3) is 8.69. The van der Waals surface area contributed by atoms with E-state index in [0.29, 0.717) is 5.92 Å². The summed E-state index contributed by atoms with van der Waals surface area (Å²) >= 11 is 0. The second-order valence-corrected chi connectivity index (χ2v) is 8.19. The molecule has 0 saturated carbocycles. The lowest BCUT2D eigenvalue weighted by Gasteiger charge is -2.27. The SMILES string of the molecule is CCCCCCC(OC(=O)OC1(C(CC)CCCC)OO1)C(CC)CCCC. The van der Waals surface area contributed by atoms with Crippen molar-refractivity contribution in [2.75, 3.05) is 0 Å². The number of ether oxygens (including phenoxy) is 2. The van der Waals surface area contributed by atoms with Gasteiger partial charge < -0.3 is 9.47 Å². The van der Waals surface area contributed by atoms with Crippen LogP contribution in [-0.2, 0) is 19.2 Å². The van der Waals surface area contributed by atoms with E-state index in [1.54, 1.807) is 0 Å². The Bertz CT molecular complexity index is 408. The third-order valence-electron chi connectivity index (χ3n) is 5.94. The van der Waals surface area contributed by atoms with Gasteiger partial charge in [-0.3, -0.25) is 0 Å². The molecule has 28 heavy (non-hydrogen) atoms. The van der Waals surface area contributed by atoms with Crippen LogP contribution in [0.3, 0.4) is 0 Å². The standard InChI is InChI=1S/C23H44O5/c1-6-11-14-15-18-21(19(9-4)16-12-7-2)25-22(24)26-23(27-28-23)20(10-5)17-13-8-3/h19-21H,6-18H2,1-5H3. The monoisotopic (exact) mass is 400 g/mol. The molecular formula is C23H44O5. The van der Waals surface area contributed by atoms with Crippen molar-refractivity contribution in [1.29, 1.82) is 0 Å². The van der Waals surface area contributed by atoms with Gasteiger partial charge in [-0.15, -0.1) is 0 Å². The minimum atomic E-state index is -1.22. The Morgan fingerprint density at radius 1 is 0.786 bits per heavy atom. The van der Waals surface area contributed by atoms with Gasteiger partial charge in [0.1, 0.15) is 6.10 Å². The van der Waals surface area contributed by atoms with Gasteiger partial charge in [-0.05, 0) is 44.4 Å². The average molecular weight is 401 g/mol. The summed E-state index contributed by atoms with van der Waals surface area (Å²) in [4.78, 5) is 22.9. The fourth-order valence-corrected chi connectivity index (χ4v) is 3.92. The molecule has 166 valence electrons. The van der Waals surface area contributed by atoms with Crippen molar-refractivity contribution in [3.63, 3.8) is 0 Å². The van der Waals surface area contributed by atoms with Crippen molar-refractivity contribution in [2.45, 2.75) is 130 Å². The molecule has 0 aromatic rings. The molecule has 0 N–H and O–H groups in total. The summed E-state index contributed by atoms with van der Waals surface area (Å²) in [6, 6.07) is 0. The van der Waals surface area contributed by atoms with E-state index in [-0.39, 0.29) is 12.0 Å². The highest BCUT2D eigenvalue weighted by atomic mass is 17.5. The van der Waals surface area contributed by atoms with E-state index in [1.807, 2.05) is 0 Å². The molecular weight excluding hydrogens is 356 g/mol. The van der Waals surface area contributed by atoms with Crippen LogP contribution in [0.4, 0.5) is 4.79 Å². The molecule has 0 aromatic heterocycles. The van der Waals surface area contributed by atoms with Crippen LogP contribution in [-0.4, -0.2) is 18.2 Å². The van der Waals surface area contributed by atoms with Crippen molar-refractivity contribution in [3.8, 4) is 0 Å². The smallest absolute Gasteiger partial charge is 0.431 e. The van der Waals surface area contributed by atoms with Gasteiger partial charge in [-0.1, -0.05) is 79.6 Å². The number of hydrogen-bond acceptors (Lipinski definition) is 5. The highest BCUT2D eigenvalue weighted by molar-refractivity contribution is 5.60. The summed E-state index contributed by atoms with van der Waals surface area (Å²) in [7, 11) is 0. The van der Waals surface area contributed by atoms with Gasteiger partial charge in [0.15, 0.2) is 0 Å². The van der Waals surface area contributed by atoms with Crippen LogP contribution in [0.25, 0.3) is 0 Å². The molecule has 1 aliphatic rings. The average Bonchev–Trinajstić information content (AvgIpc) is 3.46. The van der Waals surface area contributed by atoms with E-state index in [1.165, 1.54) is 19.3 Å². The van der Waals surface area contributed by atoms with E-state index in [2.05, 4.69) is 34.6 Å². The fraction of sp³-hybridized carbons (Fsp3) is 0.957. The molecule has 5 nitrogen and oxygen atoms in total. The van der Waals surface area contributed by atoms with Crippen LogP contribution >= 0.6 is 0 Å². The predicted molar refractivity (Wildman–Crippen MR) is 112 cm³/mol. The van der Waals surface area contributed by atoms with E-state index < -0.39 is 12.1 Å². The van der Waals surface area contributed by atoms with Crippen LogP contribution < -0.4 is 0 Å². The Morgan fingerprint density at radius 2 is 1.43 bits per heavy atom. The van der Waals surface area contributed by atoms with E-state index >= 15 is 0 Å². The quantitative estimate of drug-likeness (QED) is 0.109. The van der Waals surface area contributed by atoms with Gasteiger partial charge in [0.2, 0.25) is 0 Å². The molecule has 1 saturated heterocycles. The van der Waals surface area contributed by atoms with Crippen molar-refractivity contribution >= 4 is 6.16 Å². The Hall–Kier alpha value is -0.810. The summed E-state index contributed by atoms with van der Waals surface area (Å²) in [6.07, 6.45) is 13.2. The lowest BCUT2D eigenvalue weighted by atomic mass is 9.90. The lowest BCUT2D eigenvalue weighted by molar-refractivity contribution is -0.0966. The number of carbonyl (C=O) groups excluding carboxylic acids is 1. The maximum atomic E-state index is 12.6. The summed E-state index contributed by atoms with van der Waals surface area (Å²) < 4.78 is 11.4. The van der Waals surface area contributed by atoms with Gasteiger partial charge in [-0.2, -0.15) is 9.78 Å². The normalized spacial score (nSPS) is 18.3. The zero-order valence-electron chi connectivity index (χ0n) is 19.0. The Labute approximate surface area is 172 Å². The van der Waals surface area contributed by atoms with E-state index in [9.17, 15) is 4.79 Å². The molecule has 3 unspecified atom stereocenters. The fourth-order valence-electron chi connectivity index (χ4n) is 3.92. The van der Waals surface area contributed by atoms with Gasteiger partial charge in [-0.25, -0.2) is 4.79 Å². The Kier molecular flexibility index (Phi) is 12.8. The summed E-state index contributed by atoms with van der Waals surface area (Å²) in [6.45, 7) is 10.8. The molecule has 0 amide bonds. The molecule has 1 rings (SSSR count). The van der Waals surface area contributed by atoms with Crippen LogP contribution in [0.5, 0.6) is 0 Å². The first-order valence-electron chi connectivity index (χ1n) is 11.8. The van der Waals surface area contributed by atoms with Crippen molar-refractivity contribution < 1.29 is 24.0 Å². The summed E-state index contributed by atoms with van der Waals surface area (Å²) in [5.41, 5.74) is 0. The van der Waals surface area contributed by atoms with Gasteiger partial charge in [0.25, 0.3) is 0 Å². The van der Waals surface area contributed by atoms with Crippen LogP contribution in [0, 0.1) is 11.8 Å². The summed E-state index contributed by atoms with van der Waals surface area (Å²) in [5.74, 6) is -0.794. The molecule has 0 aromatic carbocycles. The van der Waals surface area contributed by atoms with Crippen LogP contribution in [0.2, 0.25) is 0 Å². The first kappa shape index (κ1) is 25.2.